The zero-order valence-corrected chi connectivity index (χ0v) is 15.9. The standard InChI is InChI=1S/C17H17N5O5S/c1-3-6-27-13-5-4-10(19-9-23)7-11(13)14-20-15-12(16(24)21-14)8-18-17(22-15)28(2,25)26/h4-5,7-9H,3,6H2,1-2H3,(H,19,23)(H,18,20,21,22,24). The zero-order chi connectivity index (χ0) is 20.3. The van der Waals surface area contributed by atoms with Crippen LogP contribution in [0.25, 0.3) is 22.4 Å². The van der Waals surface area contributed by atoms with E-state index in [9.17, 15) is 18.0 Å². The lowest BCUT2D eigenvalue weighted by Crippen LogP contribution is -2.14. The van der Waals surface area contributed by atoms with E-state index in [2.05, 4.69) is 25.3 Å². The molecule has 1 amide bonds. The maximum absolute atomic E-state index is 12.4. The summed E-state index contributed by atoms with van der Waals surface area (Å²) in [6, 6.07) is 4.87. The van der Waals surface area contributed by atoms with E-state index in [1.54, 1.807) is 18.2 Å². The van der Waals surface area contributed by atoms with Gasteiger partial charge in [0.2, 0.25) is 21.4 Å². The third kappa shape index (κ3) is 3.98. The first-order valence-corrected chi connectivity index (χ1v) is 10.2. The first-order chi connectivity index (χ1) is 13.3. The van der Waals surface area contributed by atoms with E-state index < -0.39 is 20.6 Å². The van der Waals surface area contributed by atoms with Gasteiger partial charge in [-0.25, -0.2) is 18.4 Å². The summed E-state index contributed by atoms with van der Waals surface area (Å²) in [5.41, 5.74) is 0.287. The molecule has 0 bridgehead atoms. The van der Waals surface area contributed by atoms with Crippen LogP contribution >= 0.6 is 0 Å². The van der Waals surface area contributed by atoms with Gasteiger partial charge in [0.15, 0.2) is 5.65 Å². The van der Waals surface area contributed by atoms with E-state index >= 15 is 0 Å². The Kier molecular flexibility index (Phi) is 5.36. The minimum absolute atomic E-state index is 0.0503. The average molecular weight is 403 g/mol. The van der Waals surface area contributed by atoms with Gasteiger partial charge in [0.05, 0.1) is 12.2 Å². The minimum atomic E-state index is -3.67. The van der Waals surface area contributed by atoms with E-state index in [0.717, 1.165) is 18.9 Å². The van der Waals surface area contributed by atoms with E-state index in [1.807, 2.05) is 6.92 Å². The minimum Gasteiger partial charge on any atom is -0.493 e. The molecule has 2 heterocycles. The van der Waals surface area contributed by atoms with Gasteiger partial charge < -0.3 is 15.0 Å². The first kappa shape index (κ1) is 19.4. The number of nitrogens with one attached hydrogen (secondary N) is 2. The topological polar surface area (TPSA) is 144 Å². The molecular formula is C17H17N5O5S. The third-order valence-corrected chi connectivity index (χ3v) is 4.55. The highest BCUT2D eigenvalue weighted by atomic mass is 32.2. The van der Waals surface area contributed by atoms with Crippen molar-refractivity contribution in [3.8, 4) is 17.1 Å². The van der Waals surface area contributed by atoms with Crippen molar-refractivity contribution in [3.63, 3.8) is 0 Å². The Labute approximate surface area is 159 Å². The number of aromatic nitrogens is 4. The number of hydrogen-bond donors (Lipinski definition) is 2. The van der Waals surface area contributed by atoms with Gasteiger partial charge in [0, 0.05) is 18.1 Å². The fourth-order valence-corrected chi connectivity index (χ4v) is 2.92. The predicted octanol–water partition coefficient (Wildman–Crippen LogP) is 1.14. The molecule has 0 radical (unpaired) electrons. The molecule has 0 atom stereocenters. The molecule has 0 aliphatic heterocycles. The fourth-order valence-electron chi connectivity index (χ4n) is 2.43. The lowest BCUT2D eigenvalue weighted by Gasteiger charge is -2.12. The highest BCUT2D eigenvalue weighted by Gasteiger charge is 2.17. The molecule has 1 aromatic carbocycles. The molecule has 11 heteroatoms. The molecule has 0 saturated heterocycles. The summed E-state index contributed by atoms with van der Waals surface area (Å²) in [6.45, 7) is 2.38. The molecular weight excluding hydrogens is 386 g/mol. The number of hydrogen-bond acceptors (Lipinski definition) is 8. The van der Waals surface area contributed by atoms with Crippen molar-refractivity contribution < 1.29 is 17.9 Å². The van der Waals surface area contributed by atoms with Crippen LogP contribution < -0.4 is 15.6 Å². The first-order valence-electron chi connectivity index (χ1n) is 8.28. The number of fused-ring (bicyclic) bond motifs is 1. The number of carbonyl (C=O) groups is 1. The number of ether oxygens (including phenoxy) is 1. The van der Waals surface area contributed by atoms with E-state index in [0.29, 0.717) is 30.0 Å². The maximum Gasteiger partial charge on any atom is 0.262 e. The largest absolute Gasteiger partial charge is 0.493 e. The molecule has 0 aliphatic rings. The van der Waals surface area contributed by atoms with Gasteiger partial charge in [0.1, 0.15) is 17.0 Å². The Morgan fingerprint density at radius 3 is 2.75 bits per heavy atom. The second-order valence-corrected chi connectivity index (χ2v) is 7.81. The van der Waals surface area contributed by atoms with Crippen LogP contribution in [-0.2, 0) is 14.6 Å². The van der Waals surface area contributed by atoms with E-state index in [-0.39, 0.29) is 16.9 Å². The SMILES string of the molecule is CCCOc1ccc(NC=O)cc1-c1nc2nc(S(C)(=O)=O)ncc2c(=O)[nH]1. The summed E-state index contributed by atoms with van der Waals surface area (Å²) >= 11 is 0. The molecule has 0 saturated carbocycles. The number of nitrogens with zero attached hydrogens (tertiary/aromatic N) is 3. The Bertz CT molecular complexity index is 1210. The maximum atomic E-state index is 12.4. The predicted molar refractivity (Wildman–Crippen MR) is 102 cm³/mol. The van der Waals surface area contributed by atoms with Crippen molar-refractivity contribution in [2.45, 2.75) is 18.5 Å². The molecule has 0 aliphatic carbocycles. The number of anilines is 1. The van der Waals surface area contributed by atoms with Gasteiger partial charge in [-0.1, -0.05) is 6.92 Å². The number of aromatic amines is 1. The molecule has 0 fully saturated rings. The van der Waals surface area contributed by atoms with Gasteiger partial charge in [-0.15, -0.1) is 0 Å². The zero-order valence-electron chi connectivity index (χ0n) is 15.1. The summed E-state index contributed by atoms with van der Waals surface area (Å²) in [7, 11) is -3.67. The number of sulfone groups is 1. The number of carbonyl (C=O) groups excluding carboxylic acids is 1. The van der Waals surface area contributed by atoms with Crippen LogP contribution in [0.4, 0.5) is 5.69 Å². The van der Waals surface area contributed by atoms with Gasteiger partial charge in [-0.2, -0.15) is 4.98 Å². The van der Waals surface area contributed by atoms with Crippen molar-refractivity contribution in [3.05, 3.63) is 34.7 Å². The van der Waals surface area contributed by atoms with Crippen LogP contribution in [0.1, 0.15) is 13.3 Å². The molecule has 2 N–H and O–H groups in total. The molecule has 2 aromatic heterocycles. The molecule has 0 spiro atoms. The van der Waals surface area contributed by atoms with Crippen molar-refractivity contribution in [1.82, 2.24) is 19.9 Å². The third-order valence-electron chi connectivity index (χ3n) is 3.69. The van der Waals surface area contributed by atoms with E-state index in [4.69, 9.17) is 4.74 Å². The summed E-state index contributed by atoms with van der Waals surface area (Å²) in [5, 5.41) is 2.14. The quantitative estimate of drug-likeness (QED) is 0.441. The average Bonchev–Trinajstić information content (AvgIpc) is 2.66. The Hall–Kier alpha value is -3.34. The van der Waals surface area contributed by atoms with Crippen LogP contribution in [0.5, 0.6) is 5.75 Å². The Morgan fingerprint density at radius 2 is 2.07 bits per heavy atom. The van der Waals surface area contributed by atoms with Gasteiger partial charge >= 0.3 is 0 Å². The van der Waals surface area contributed by atoms with Crippen LogP contribution in [-0.4, -0.2) is 47.6 Å². The number of amides is 1. The summed E-state index contributed by atoms with van der Waals surface area (Å²) in [5.74, 6) is 0.564. The van der Waals surface area contributed by atoms with Crippen molar-refractivity contribution in [2.75, 3.05) is 18.2 Å². The second-order valence-electron chi connectivity index (χ2n) is 5.90. The molecule has 3 aromatic rings. The van der Waals surface area contributed by atoms with Gasteiger partial charge in [0.25, 0.3) is 5.56 Å². The van der Waals surface area contributed by atoms with E-state index in [1.165, 1.54) is 0 Å². The number of H-pyrrole nitrogens is 1. The normalized spacial score (nSPS) is 11.4. The van der Waals surface area contributed by atoms with Gasteiger partial charge in [-0.05, 0) is 24.6 Å². The molecule has 146 valence electrons. The summed E-state index contributed by atoms with van der Waals surface area (Å²) < 4.78 is 29.1. The summed E-state index contributed by atoms with van der Waals surface area (Å²) in [4.78, 5) is 37.7. The highest BCUT2D eigenvalue weighted by molar-refractivity contribution is 7.90. The van der Waals surface area contributed by atoms with Crippen LogP contribution in [0.15, 0.2) is 34.3 Å². The molecule has 10 nitrogen and oxygen atoms in total. The van der Waals surface area contributed by atoms with Crippen molar-refractivity contribution in [2.24, 2.45) is 0 Å². The second kappa shape index (κ2) is 7.72. The van der Waals surface area contributed by atoms with Crippen molar-refractivity contribution >= 4 is 33.0 Å². The van der Waals surface area contributed by atoms with Gasteiger partial charge in [-0.3, -0.25) is 9.59 Å². The Morgan fingerprint density at radius 1 is 1.29 bits per heavy atom. The number of rotatable bonds is 7. The fraction of sp³-hybridized carbons (Fsp3) is 0.235. The van der Waals surface area contributed by atoms with Crippen LogP contribution in [0, 0.1) is 0 Å². The lowest BCUT2D eigenvalue weighted by molar-refractivity contribution is -0.105. The monoisotopic (exact) mass is 403 g/mol. The molecule has 0 unspecified atom stereocenters. The highest BCUT2D eigenvalue weighted by Crippen LogP contribution is 2.30. The Balaban J connectivity index is 2.22. The number of benzene rings is 1. The smallest absolute Gasteiger partial charge is 0.262 e. The molecule has 28 heavy (non-hydrogen) atoms. The van der Waals surface area contributed by atoms with Crippen molar-refractivity contribution in [1.29, 1.82) is 0 Å². The lowest BCUT2D eigenvalue weighted by atomic mass is 10.1. The summed E-state index contributed by atoms with van der Waals surface area (Å²) in [6.07, 6.45) is 3.37. The van der Waals surface area contributed by atoms with Crippen LogP contribution in [0.2, 0.25) is 0 Å². The molecule has 3 rings (SSSR count). The van der Waals surface area contributed by atoms with Crippen LogP contribution in [0.3, 0.4) is 0 Å².